The highest BCUT2D eigenvalue weighted by atomic mass is 16.3. The summed E-state index contributed by atoms with van der Waals surface area (Å²) in [6.07, 6.45) is 4.98. The van der Waals surface area contributed by atoms with E-state index in [1.807, 2.05) is 6.92 Å². The molecule has 1 rings (SSSR count). The highest BCUT2D eigenvalue weighted by Gasteiger charge is 2.27. The Labute approximate surface area is 92.5 Å². The maximum atomic E-state index is 11.9. The van der Waals surface area contributed by atoms with Crippen molar-refractivity contribution in [1.29, 1.82) is 0 Å². The zero-order chi connectivity index (χ0) is 11.3. The van der Waals surface area contributed by atoms with Gasteiger partial charge in [0.2, 0.25) is 5.91 Å². The summed E-state index contributed by atoms with van der Waals surface area (Å²) in [5.41, 5.74) is 0. The standard InChI is InChI=1S/C12H23NO2/c1-3-4-5-6-10(2)12(15)13-8-7-11(14)9-13/h10-11,14H,3-9H2,1-2H3. The Morgan fingerprint density at radius 2 is 2.27 bits per heavy atom. The van der Waals surface area contributed by atoms with Crippen molar-refractivity contribution in [3.63, 3.8) is 0 Å². The summed E-state index contributed by atoms with van der Waals surface area (Å²) in [6.45, 7) is 5.45. The molecule has 0 aromatic heterocycles. The van der Waals surface area contributed by atoms with Crippen molar-refractivity contribution in [2.24, 2.45) is 5.92 Å². The molecule has 1 saturated heterocycles. The van der Waals surface area contributed by atoms with Gasteiger partial charge in [0.1, 0.15) is 0 Å². The summed E-state index contributed by atoms with van der Waals surface area (Å²) in [5, 5.41) is 9.35. The number of carbonyl (C=O) groups is 1. The van der Waals surface area contributed by atoms with E-state index in [0.29, 0.717) is 6.54 Å². The summed E-state index contributed by atoms with van der Waals surface area (Å²) in [7, 11) is 0. The molecule has 1 amide bonds. The van der Waals surface area contributed by atoms with Crippen LogP contribution in [0.25, 0.3) is 0 Å². The summed E-state index contributed by atoms with van der Waals surface area (Å²) < 4.78 is 0. The van der Waals surface area contributed by atoms with Gasteiger partial charge in [-0.05, 0) is 12.8 Å². The van der Waals surface area contributed by atoms with Gasteiger partial charge in [-0.25, -0.2) is 0 Å². The van der Waals surface area contributed by atoms with Crippen molar-refractivity contribution in [2.75, 3.05) is 13.1 Å². The van der Waals surface area contributed by atoms with Crippen LogP contribution in [0.4, 0.5) is 0 Å². The first kappa shape index (κ1) is 12.5. The van der Waals surface area contributed by atoms with Crippen molar-refractivity contribution >= 4 is 5.91 Å². The number of likely N-dealkylation sites (tertiary alicyclic amines) is 1. The normalized spacial score (nSPS) is 23.1. The molecule has 0 aliphatic carbocycles. The van der Waals surface area contributed by atoms with E-state index >= 15 is 0 Å². The third-order valence-corrected chi connectivity index (χ3v) is 3.14. The molecule has 3 heteroatoms. The average molecular weight is 213 g/mol. The highest BCUT2D eigenvalue weighted by Crippen LogP contribution is 2.16. The fourth-order valence-electron chi connectivity index (χ4n) is 2.08. The predicted molar refractivity (Wildman–Crippen MR) is 60.5 cm³/mol. The Balaban J connectivity index is 2.26. The fraction of sp³-hybridized carbons (Fsp3) is 0.917. The van der Waals surface area contributed by atoms with Crippen LogP contribution in [0.1, 0.15) is 46.0 Å². The Hall–Kier alpha value is -0.570. The van der Waals surface area contributed by atoms with E-state index in [-0.39, 0.29) is 17.9 Å². The van der Waals surface area contributed by atoms with Crippen LogP contribution in [0.2, 0.25) is 0 Å². The number of hydrogen-bond donors (Lipinski definition) is 1. The molecule has 1 fully saturated rings. The van der Waals surface area contributed by atoms with Crippen molar-refractivity contribution in [1.82, 2.24) is 4.90 Å². The van der Waals surface area contributed by atoms with Crippen molar-refractivity contribution in [3.8, 4) is 0 Å². The molecule has 15 heavy (non-hydrogen) atoms. The number of hydrogen-bond acceptors (Lipinski definition) is 2. The van der Waals surface area contributed by atoms with E-state index in [1.165, 1.54) is 12.8 Å². The number of β-amino-alcohol motifs (C(OH)–C–C–N with tert-alkyl or cyclic N) is 1. The molecule has 0 spiro atoms. The van der Waals surface area contributed by atoms with Crippen LogP contribution in [0.3, 0.4) is 0 Å². The molecule has 1 N–H and O–H groups in total. The van der Waals surface area contributed by atoms with E-state index in [2.05, 4.69) is 6.92 Å². The van der Waals surface area contributed by atoms with Gasteiger partial charge in [-0.15, -0.1) is 0 Å². The predicted octanol–water partition coefficient (Wildman–Crippen LogP) is 1.80. The van der Waals surface area contributed by atoms with E-state index in [9.17, 15) is 9.90 Å². The summed E-state index contributed by atoms with van der Waals surface area (Å²) >= 11 is 0. The third kappa shape index (κ3) is 3.82. The van der Waals surface area contributed by atoms with Gasteiger partial charge in [-0.1, -0.05) is 33.1 Å². The van der Waals surface area contributed by atoms with Gasteiger partial charge in [-0.2, -0.15) is 0 Å². The molecule has 1 aliphatic rings. The Morgan fingerprint density at radius 1 is 1.53 bits per heavy atom. The molecular formula is C12H23NO2. The first-order valence-electron chi connectivity index (χ1n) is 6.12. The van der Waals surface area contributed by atoms with Gasteiger partial charge in [-0.3, -0.25) is 4.79 Å². The zero-order valence-electron chi connectivity index (χ0n) is 9.91. The maximum absolute atomic E-state index is 11.9. The lowest BCUT2D eigenvalue weighted by atomic mass is 10.0. The zero-order valence-corrected chi connectivity index (χ0v) is 9.91. The summed E-state index contributed by atoms with van der Waals surface area (Å²) in [5.74, 6) is 0.351. The van der Waals surface area contributed by atoms with Crippen molar-refractivity contribution in [2.45, 2.75) is 52.1 Å². The minimum absolute atomic E-state index is 0.127. The van der Waals surface area contributed by atoms with Gasteiger partial charge in [0.15, 0.2) is 0 Å². The molecule has 1 heterocycles. The topological polar surface area (TPSA) is 40.5 Å². The number of unbranched alkanes of at least 4 members (excludes halogenated alkanes) is 2. The Morgan fingerprint density at radius 3 is 2.80 bits per heavy atom. The van der Waals surface area contributed by atoms with Crippen molar-refractivity contribution in [3.05, 3.63) is 0 Å². The van der Waals surface area contributed by atoms with E-state index in [0.717, 1.165) is 25.8 Å². The molecule has 0 bridgehead atoms. The molecular weight excluding hydrogens is 190 g/mol. The van der Waals surface area contributed by atoms with Crippen LogP contribution < -0.4 is 0 Å². The summed E-state index contributed by atoms with van der Waals surface area (Å²) in [4.78, 5) is 13.7. The third-order valence-electron chi connectivity index (χ3n) is 3.14. The molecule has 0 saturated carbocycles. The fourth-order valence-corrected chi connectivity index (χ4v) is 2.08. The molecule has 88 valence electrons. The molecule has 0 aromatic carbocycles. The average Bonchev–Trinajstić information content (AvgIpc) is 2.64. The first-order valence-corrected chi connectivity index (χ1v) is 6.12. The monoisotopic (exact) mass is 213 g/mol. The number of amides is 1. The Kier molecular flexibility index (Phi) is 5.09. The quantitative estimate of drug-likeness (QED) is 0.707. The van der Waals surface area contributed by atoms with E-state index in [4.69, 9.17) is 0 Å². The van der Waals surface area contributed by atoms with Gasteiger partial charge < -0.3 is 10.0 Å². The van der Waals surface area contributed by atoms with Gasteiger partial charge in [0.05, 0.1) is 6.10 Å². The lowest BCUT2D eigenvalue weighted by molar-refractivity contribution is -0.134. The van der Waals surface area contributed by atoms with E-state index < -0.39 is 0 Å². The smallest absolute Gasteiger partial charge is 0.225 e. The first-order chi connectivity index (χ1) is 7.15. The van der Waals surface area contributed by atoms with Crippen molar-refractivity contribution < 1.29 is 9.90 Å². The lowest BCUT2D eigenvalue weighted by Crippen LogP contribution is -2.33. The Bertz CT molecular complexity index is 206. The lowest BCUT2D eigenvalue weighted by Gasteiger charge is -2.20. The second-order valence-corrected chi connectivity index (χ2v) is 4.62. The van der Waals surface area contributed by atoms with Gasteiger partial charge in [0.25, 0.3) is 0 Å². The number of rotatable bonds is 5. The van der Waals surface area contributed by atoms with Gasteiger partial charge >= 0.3 is 0 Å². The van der Waals surface area contributed by atoms with Crippen LogP contribution in [-0.2, 0) is 4.79 Å². The molecule has 0 aromatic rings. The highest BCUT2D eigenvalue weighted by molar-refractivity contribution is 5.78. The number of nitrogens with zero attached hydrogens (tertiary/aromatic N) is 1. The summed E-state index contributed by atoms with van der Waals surface area (Å²) in [6, 6.07) is 0. The van der Waals surface area contributed by atoms with E-state index in [1.54, 1.807) is 4.90 Å². The van der Waals surface area contributed by atoms with Crippen LogP contribution >= 0.6 is 0 Å². The van der Waals surface area contributed by atoms with Gasteiger partial charge in [0, 0.05) is 19.0 Å². The number of carbonyl (C=O) groups excluding carboxylic acids is 1. The molecule has 1 aliphatic heterocycles. The second kappa shape index (κ2) is 6.11. The number of aliphatic hydroxyl groups is 1. The van der Waals surface area contributed by atoms with Crippen LogP contribution in [0.5, 0.6) is 0 Å². The molecule has 0 radical (unpaired) electrons. The largest absolute Gasteiger partial charge is 0.391 e. The minimum atomic E-state index is -0.295. The van der Waals surface area contributed by atoms with Crippen LogP contribution in [0, 0.1) is 5.92 Å². The molecule has 2 unspecified atom stereocenters. The molecule has 3 nitrogen and oxygen atoms in total. The van der Waals surface area contributed by atoms with Crippen LogP contribution in [-0.4, -0.2) is 35.1 Å². The van der Waals surface area contributed by atoms with Crippen LogP contribution in [0.15, 0.2) is 0 Å². The minimum Gasteiger partial charge on any atom is -0.391 e. The number of aliphatic hydroxyl groups excluding tert-OH is 1. The maximum Gasteiger partial charge on any atom is 0.225 e. The molecule has 2 atom stereocenters. The second-order valence-electron chi connectivity index (χ2n) is 4.62. The SMILES string of the molecule is CCCCCC(C)C(=O)N1CCC(O)C1.